The van der Waals surface area contributed by atoms with E-state index in [0.29, 0.717) is 6.42 Å². The first-order valence-electron chi connectivity index (χ1n) is 5.08. The van der Waals surface area contributed by atoms with Gasteiger partial charge in [0.1, 0.15) is 5.76 Å². The SMILES string of the molecule is CCc1ccsc1C(O)Cc1ccco1. The maximum atomic E-state index is 10.0. The summed E-state index contributed by atoms with van der Waals surface area (Å²) in [5, 5.41) is 12.1. The normalized spacial score (nSPS) is 12.9. The highest BCUT2D eigenvalue weighted by Gasteiger charge is 2.14. The zero-order valence-electron chi connectivity index (χ0n) is 8.64. The summed E-state index contributed by atoms with van der Waals surface area (Å²) in [6.45, 7) is 2.10. The van der Waals surface area contributed by atoms with Crippen LogP contribution in [0.15, 0.2) is 34.3 Å². The van der Waals surface area contributed by atoms with Crippen molar-refractivity contribution in [1.82, 2.24) is 0 Å². The van der Waals surface area contributed by atoms with Gasteiger partial charge in [0.2, 0.25) is 0 Å². The highest BCUT2D eigenvalue weighted by molar-refractivity contribution is 7.10. The molecule has 80 valence electrons. The van der Waals surface area contributed by atoms with E-state index >= 15 is 0 Å². The van der Waals surface area contributed by atoms with Crippen molar-refractivity contribution < 1.29 is 9.52 Å². The number of furan rings is 1. The molecule has 0 radical (unpaired) electrons. The molecule has 0 aromatic carbocycles. The lowest BCUT2D eigenvalue weighted by Gasteiger charge is -2.08. The molecular formula is C12H14O2S. The van der Waals surface area contributed by atoms with Crippen LogP contribution in [-0.4, -0.2) is 5.11 Å². The summed E-state index contributed by atoms with van der Waals surface area (Å²) in [5.41, 5.74) is 1.24. The maximum absolute atomic E-state index is 10.0. The fourth-order valence-electron chi connectivity index (χ4n) is 1.64. The number of aliphatic hydroxyl groups is 1. The van der Waals surface area contributed by atoms with Gasteiger partial charge in [0.15, 0.2) is 0 Å². The smallest absolute Gasteiger partial charge is 0.106 e. The van der Waals surface area contributed by atoms with Crippen LogP contribution in [0.3, 0.4) is 0 Å². The maximum Gasteiger partial charge on any atom is 0.106 e. The highest BCUT2D eigenvalue weighted by Crippen LogP contribution is 2.27. The van der Waals surface area contributed by atoms with E-state index in [2.05, 4.69) is 13.0 Å². The quantitative estimate of drug-likeness (QED) is 0.862. The van der Waals surface area contributed by atoms with Gasteiger partial charge in [-0.15, -0.1) is 11.3 Å². The molecule has 2 nitrogen and oxygen atoms in total. The van der Waals surface area contributed by atoms with Crippen molar-refractivity contribution in [1.29, 1.82) is 0 Å². The lowest BCUT2D eigenvalue weighted by molar-refractivity contribution is 0.173. The zero-order valence-corrected chi connectivity index (χ0v) is 9.46. The molecule has 0 aliphatic heterocycles. The summed E-state index contributed by atoms with van der Waals surface area (Å²) in [6, 6.07) is 5.81. The molecular weight excluding hydrogens is 208 g/mol. The number of rotatable bonds is 4. The number of hydrogen-bond acceptors (Lipinski definition) is 3. The van der Waals surface area contributed by atoms with Crippen LogP contribution in [0.2, 0.25) is 0 Å². The second-order valence-corrected chi connectivity index (χ2v) is 4.41. The van der Waals surface area contributed by atoms with Gasteiger partial charge in [0.05, 0.1) is 12.4 Å². The van der Waals surface area contributed by atoms with Gasteiger partial charge in [-0.05, 0) is 35.6 Å². The lowest BCUT2D eigenvalue weighted by atomic mass is 10.1. The Kier molecular flexibility index (Phi) is 3.23. The predicted octanol–water partition coefficient (Wildman–Crippen LogP) is 3.18. The van der Waals surface area contributed by atoms with E-state index in [1.54, 1.807) is 17.6 Å². The third kappa shape index (κ3) is 2.30. The van der Waals surface area contributed by atoms with E-state index in [-0.39, 0.29) is 0 Å². The second-order valence-electron chi connectivity index (χ2n) is 3.46. The Morgan fingerprint density at radius 1 is 1.47 bits per heavy atom. The number of aliphatic hydroxyl groups excluding tert-OH is 1. The van der Waals surface area contributed by atoms with Crippen molar-refractivity contribution in [2.75, 3.05) is 0 Å². The summed E-state index contributed by atoms with van der Waals surface area (Å²) in [7, 11) is 0. The van der Waals surface area contributed by atoms with Gasteiger partial charge in [-0.25, -0.2) is 0 Å². The third-order valence-electron chi connectivity index (χ3n) is 2.44. The van der Waals surface area contributed by atoms with Crippen molar-refractivity contribution in [2.45, 2.75) is 25.9 Å². The van der Waals surface area contributed by atoms with E-state index in [1.165, 1.54) is 5.56 Å². The van der Waals surface area contributed by atoms with E-state index in [0.717, 1.165) is 17.1 Å². The first kappa shape index (κ1) is 10.5. The number of thiophene rings is 1. The van der Waals surface area contributed by atoms with Gasteiger partial charge in [-0.2, -0.15) is 0 Å². The molecule has 2 heterocycles. The van der Waals surface area contributed by atoms with Gasteiger partial charge in [-0.3, -0.25) is 0 Å². The Hall–Kier alpha value is -1.06. The molecule has 0 fully saturated rings. The van der Waals surface area contributed by atoms with Crippen LogP contribution in [-0.2, 0) is 12.8 Å². The Labute approximate surface area is 93.2 Å². The Bertz CT molecular complexity index is 403. The highest BCUT2D eigenvalue weighted by atomic mass is 32.1. The van der Waals surface area contributed by atoms with Crippen LogP contribution >= 0.6 is 11.3 Å². The lowest BCUT2D eigenvalue weighted by Crippen LogP contribution is -2.01. The fraction of sp³-hybridized carbons (Fsp3) is 0.333. The van der Waals surface area contributed by atoms with E-state index in [9.17, 15) is 5.11 Å². The molecule has 2 aromatic rings. The van der Waals surface area contributed by atoms with Crippen molar-refractivity contribution in [3.63, 3.8) is 0 Å². The molecule has 1 N–H and O–H groups in total. The minimum absolute atomic E-state index is 0.439. The summed E-state index contributed by atoms with van der Waals surface area (Å²) >= 11 is 1.61. The molecule has 0 saturated carbocycles. The summed E-state index contributed by atoms with van der Waals surface area (Å²) in [5.74, 6) is 0.831. The Balaban J connectivity index is 2.11. The van der Waals surface area contributed by atoms with Gasteiger partial charge in [0.25, 0.3) is 0 Å². The van der Waals surface area contributed by atoms with Crippen molar-refractivity contribution in [2.24, 2.45) is 0 Å². The van der Waals surface area contributed by atoms with Gasteiger partial charge >= 0.3 is 0 Å². The third-order valence-corrected chi connectivity index (χ3v) is 3.50. The van der Waals surface area contributed by atoms with Crippen molar-refractivity contribution in [3.8, 4) is 0 Å². The van der Waals surface area contributed by atoms with Crippen LogP contribution in [0, 0.1) is 0 Å². The molecule has 1 atom stereocenters. The molecule has 2 aromatic heterocycles. The van der Waals surface area contributed by atoms with E-state index < -0.39 is 6.10 Å². The molecule has 0 amide bonds. The van der Waals surface area contributed by atoms with Crippen LogP contribution < -0.4 is 0 Å². The molecule has 0 saturated heterocycles. The van der Waals surface area contributed by atoms with Crippen LogP contribution in [0.25, 0.3) is 0 Å². The van der Waals surface area contributed by atoms with E-state index in [4.69, 9.17) is 4.42 Å². The first-order valence-corrected chi connectivity index (χ1v) is 5.96. The first-order chi connectivity index (χ1) is 7.31. The summed E-state index contributed by atoms with van der Waals surface area (Å²) in [6.07, 6.45) is 2.72. The average Bonchev–Trinajstić information content (AvgIpc) is 2.86. The van der Waals surface area contributed by atoms with Crippen LogP contribution in [0.4, 0.5) is 0 Å². The Morgan fingerprint density at radius 3 is 3.00 bits per heavy atom. The van der Waals surface area contributed by atoms with Crippen LogP contribution in [0.5, 0.6) is 0 Å². The molecule has 1 unspecified atom stereocenters. The van der Waals surface area contributed by atoms with Crippen molar-refractivity contribution >= 4 is 11.3 Å². The topological polar surface area (TPSA) is 33.4 Å². The van der Waals surface area contributed by atoms with Gasteiger partial charge < -0.3 is 9.52 Å². The fourth-order valence-corrected chi connectivity index (χ4v) is 2.63. The average molecular weight is 222 g/mol. The zero-order chi connectivity index (χ0) is 10.7. The van der Waals surface area contributed by atoms with E-state index in [1.807, 2.05) is 17.5 Å². The molecule has 0 aliphatic rings. The largest absolute Gasteiger partial charge is 0.469 e. The predicted molar refractivity (Wildman–Crippen MR) is 61.1 cm³/mol. The van der Waals surface area contributed by atoms with Gasteiger partial charge in [-0.1, -0.05) is 6.92 Å². The molecule has 2 rings (SSSR count). The molecule has 0 spiro atoms. The summed E-state index contributed by atoms with van der Waals surface area (Å²) in [4.78, 5) is 1.06. The minimum atomic E-state index is -0.439. The number of aryl methyl sites for hydroxylation is 1. The molecule has 15 heavy (non-hydrogen) atoms. The standard InChI is InChI=1S/C12H14O2S/c1-2-9-5-7-15-12(9)11(13)8-10-4-3-6-14-10/h3-7,11,13H,2,8H2,1H3. The molecule has 0 aliphatic carbocycles. The molecule has 3 heteroatoms. The summed E-state index contributed by atoms with van der Waals surface area (Å²) < 4.78 is 5.22. The Morgan fingerprint density at radius 2 is 2.33 bits per heavy atom. The minimum Gasteiger partial charge on any atom is -0.469 e. The monoisotopic (exact) mass is 222 g/mol. The van der Waals surface area contributed by atoms with Crippen molar-refractivity contribution in [3.05, 3.63) is 46.0 Å². The molecule has 0 bridgehead atoms. The van der Waals surface area contributed by atoms with Gasteiger partial charge in [0, 0.05) is 11.3 Å². The second kappa shape index (κ2) is 4.64. The van der Waals surface area contributed by atoms with Crippen LogP contribution in [0.1, 0.15) is 29.2 Å². The number of hydrogen-bond donors (Lipinski definition) is 1.